The molecule has 0 aliphatic rings. The van der Waals surface area contributed by atoms with E-state index in [0.717, 1.165) is 16.4 Å². The molecular formula is C10H18IN3O2Si. The molecule has 1 rings (SSSR count). The van der Waals surface area contributed by atoms with Crippen molar-refractivity contribution in [2.45, 2.75) is 32.4 Å². The Balaban J connectivity index is 2.46. The van der Waals surface area contributed by atoms with E-state index in [1.807, 2.05) is 10.8 Å². The van der Waals surface area contributed by atoms with Crippen molar-refractivity contribution < 1.29 is 9.94 Å². The number of aromatic nitrogens is 2. The van der Waals surface area contributed by atoms with E-state index in [9.17, 15) is 0 Å². The van der Waals surface area contributed by atoms with Gasteiger partial charge in [-0.15, -0.1) is 0 Å². The van der Waals surface area contributed by atoms with Gasteiger partial charge in [-0.05, 0) is 28.6 Å². The van der Waals surface area contributed by atoms with Crippen LogP contribution in [0, 0.1) is 3.70 Å². The molecule has 1 aromatic rings. The molecule has 0 unspecified atom stereocenters. The Labute approximate surface area is 116 Å². The lowest BCUT2D eigenvalue weighted by Crippen LogP contribution is -2.22. The summed E-state index contributed by atoms with van der Waals surface area (Å²) in [6.07, 6.45) is 3.18. The second-order valence-corrected chi connectivity index (χ2v) is 11.7. The molecule has 7 heteroatoms. The van der Waals surface area contributed by atoms with Gasteiger partial charge in [0.25, 0.3) is 0 Å². The Hall–Kier alpha value is -0.413. The van der Waals surface area contributed by atoms with Crippen LogP contribution in [0.3, 0.4) is 0 Å². The minimum Gasteiger partial charge on any atom is -0.411 e. The zero-order valence-corrected chi connectivity index (χ0v) is 13.5. The first-order valence-electron chi connectivity index (χ1n) is 5.40. The molecule has 0 aliphatic heterocycles. The minimum absolute atomic E-state index is 0.446. The Bertz CT molecular complexity index is 387. The molecule has 0 spiro atoms. The van der Waals surface area contributed by atoms with Crippen LogP contribution < -0.4 is 0 Å². The van der Waals surface area contributed by atoms with Crippen LogP contribution in [0.15, 0.2) is 11.4 Å². The first-order chi connectivity index (χ1) is 7.92. The third kappa shape index (κ3) is 5.64. The van der Waals surface area contributed by atoms with E-state index in [4.69, 9.17) is 9.94 Å². The highest BCUT2D eigenvalue weighted by Crippen LogP contribution is 2.09. The molecule has 0 radical (unpaired) electrons. The van der Waals surface area contributed by atoms with Gasteiger partial charge < -0.3 is 14.5 Å². The van der Waals surface area contributed by atoms with Gasteiger partial charge in [-0.3, -0.25) is 0 Å². The van der Waals surface area contributed by atoms with Gasteiger partial charge in [-0.25, -0.2) is 4.98 Å². The smallest absolute Gasteiger partial charge is 0.157 e. The molecule has 0 atom stereocenters. The summed E-state index contributed by atoms with van der Waals surface area (Å²) in [5.74, 6) is 0.602. The largest absolute Gasteiger partial charge is 0.411 e. The van der Waals surface area contributed by atoms with Crippen molar-refractivity contribution in [1.82, 2.24) is 9.55 Å². The lowest BCUT2D eigenvalue weighted by atomic mass is 10.6. The number of hydrogen-bond donors (Lipinski definition) is 1. The van der Waals surface area contributed by atoms with Crippen molar-refractivity contribution >= 4 is 36.9 Å². The van der Waals surface area contributed by atoms with Gasteiger partial charge >= 0.3 is 0 Å². The maximum absolute atomic E-state index is 8.51. The van der Waals surface area contributed by atoms with Crippen LogP contribution in [-0.2, 0) is 11.5 Å². The molecule has 5 nitrogen and oxygen atoms in total. The zero-order valence-electron chi connectivity index (χ0n) is 10.4. The SMILES string of the molecule is C[Si](C)(C)CCOCn1cc(I)nc1C=NO. The van der Waals surface area contributed by atoms with Gasteiger partial charge in [0.2, 0.25) is 0 Å². The fraction of sp³-hybridized carbons (Fsp3) is 0.600. The predicted molar refractivity (Wildman–Crippen MR) is 78.4 cm³/mol. The maximum atomic E-state index is 8.51. The Morgan fingerprint density at radius 1 is 1.59 bits per heavy atom. The van der Waals surface area contributed by atoms with Crippen LogP contribution in [0.2, 0.25) is 25.7 Å². The fourth-order valence-corrected chi connectivity index (χ4v) is 2.54. The quantitative estimate of drug-likeness (QED) is 0.210. The number of hydrogen-bond acceptors (Lipinski definition) is 4. The van der Waals surface area contributed by atoms with E-state index >= 15 is 0 Å². The average Bonchev–Trinajstić information content (AvgIpc) is 2.53. The molecule has 1 heterocycles. The summed E-state index contributed by atoms with van der Waals surface area (Å²) >= 11 is 2.12. The second-order valence-electron chi connectivity index (χ2n) is 4.98. The van der Waals surface area contributed by atoms with Crippen molar-refractivity contribution in [3.8, 4) is 0 Å². The fourth-order valence-electron chi connectivity index (χ4n) is 1.20. The Kier molecular flexibility index (Phi) is 5.60. The van der Waals surface area contributed by atoms with E-state index in [-0.39, 0.29) is 0 Å². The standard InChI is InChI=1S/C10H18IN3O2Si/c1-17(2,3)5-4-16-8-14-7-9(11)13-10(14)6-12-15/h6-7,15H,4-5,8H2,1-3H3. The number of oxime groups is 1. The van der Waals surface area contributed by atoms with Crippen molar-refractivity contribution in [1.29, 1.82) is 0 Å². The van der Waals surface area contributed by atoms with Gasteiger partial charge in [-0.1, -0.05) is 24.8 Å². The van der Waals surface area contributed by atoms with Crippen LogP contribution in [0.5, 0.6) is 0 Å². The number of nitrogens with zero attached hydrogens (tertiary/aromatic N) is 3. The van der Waals surface area contributed by atoms with Crippen molar-refractivity contribution in [2.75, 3.05) is 6.61 Å². The van der Waals surface area contributed by atoms with E-state index in [1.165, 1.54) is 6.21 Å². The average molecular weight is 367 g/mol. The second kappa shape index (κ2) is 6.50. The summed E-state index contributed by atoms with van der Waals surface area (Å²) in [6.45, 7) is 8.17. The lowest BCUT2D eigenvalue weighted by Gasteiger charge is -2.15. The third-order valence-corrected chi connectivity index (χ3v) is 4.40. The molecule has 0 amide bonds. The third-order valence-electron chi connectivity index (χ3n) is 2.18. The van der Waals surface area contributed by atoms with Crippen LogP contribution in [0.1, 0.15) is 5.82 Å². The summed E-state index contributed by atoms with van der Waals surface area (Å²) in [5, 5.41) is 11.5. The molecule has 0 aromatic carbocycles. The molecular weight excluding hydrogens is 349 g/mol. The first-order valence-corrected chi connectivity index (χ1v) is 10.2. The van der Waals surface area contributed by atoms with Crippen LogP contribution in [-0.4, -0.2) is 35.7 Å². The Morgan fingerprint density at radius 3 is 2.88 bits per heavy atom. The first kappa shape index (κ1) is 14.6. The van der Waals surface area contributed by atoms with Crippen molar-refractivity contribution in [3.63, 3.8) is 0 Å². The molecule has 0 saturated heterocycles. The van der Waals surface area contributed by atoms with Gasteiger partial charge in [0.1, 0.15) is 16.6 Å². The van der Waals surface area contributed by atoms with E-state index in [1.54, 1.807) is 0 Å². The normalized spacial score (nSPS) is 12.5. The van der Waals surface area contributed by atoms with Crippen LogP contribution in [0.4, 0.5) is 0 Å². The zero-order chi connectivity index (χ0) is 12.9. The highest BCUT2D eigenvalue weighted by molar-refractivity contribution is 14.1. The monoisotopic (exact) mass is 367 g/mol. The van der Waals surface area contributed by atoms with Crippen molar-refractivity contribution in [3.05, 3.63) is 15.7 Å². The van der Waals surface area contributed by atoms with E-state index in [0.29, 0.717) is 12.6 Å². The molecule has 1 aromatic heterocycles. The molecule has 0 bridgehead atoms. The topological polar surface area (TPSA) is 59.6 Å². The number of rotatable bonds is 6. The molecule has 0 aliphatic carbocycles. The summed E-state index contributed by atoms with van der Waals surface area (Å²) < 4.78 is 8.29. The van der Waals surface area contributed by atoms with Crippen LogP contribution >= 0.6 is 22.6 Å². The highest BCUT2D eigenvalue weighted by Gasteiger charge is 2.12. The Morgan fingerprint density at radius 2 is 2.29 bits per heavy atom. The van der Waals surface area contributed by atoms with Crippen molar-refractivity contribution in [2.24, 2.45) is 5.16 Å². The molecule has 0 fully saturated rings. The van der Waals surface area contributed by atoms with Gasteiger partial charge in [-0.2, -0.15) is 0 Å². The summed E-state index contributed by atoms with van der Waals surface area (Å²) in [4.78, 5) is 4.20. The minimum atomic E-state index is -1.04. The van der Waals surface area contributed by atoms with Crippen LogP contribution in [0.25, 0.3) is 0 Å². The molecule has 1 N–H and O–H groups in total. The number of ether oxygens (including phenoxy) is 1. The molecule has 96 valence electrons. The predicted octanol–water partition coefficient (Wildman–Crippen LogP) is 2.61. The summed E-state index contributed by atoms with van der Waals surface area (Å²) in [6, 6.07) is 1.14. The maximum Gasteiger partial charge on any atom is 0.157 e. The van der Waals surface area contributed by atoms with Gasteiger partial charge in [0, 0.05) is 20.9 Å². The molecule has 17 heavy (non-hydrogen) atoms. The highest BCUT2D eigenvalue weighted by atomic mass is 127. The van der Waals surface area contributed by atoms with E-state index < -0.39 is 8.07 Å². The summed E-state index contributed by atoms with van der Waals surface area (Å²) in [7, 11) is -1.04. The van der Waals surface area contributed by atoms with Gasteiger partial charge in [0.05, 0.1) is 0 Å². The molecule has 0 saturated carbocycles. The summed E-state index contributed by atoms with van der Waals surface area (Å²) in [5.41, 5.74) is 0. The lowest BCUT2D eigenvalue weighted by molar-refractivity contribution is 0.0868. The number of halogens is 1. The van der Waals surface area contributed by atoms with E-state index in [2.05, 4.69) is 52.4 Å². The number of imidazole rings is 1. The van der Waals surface area contributed by atoms with Gasteiger partial charge in [0.15, 0.2) is 5.82 Å².